The summed E-state index contributed by atoms with van der Waals surface area (Å²) in [5.74, 6) is 0.672. The second-order valence-electron chi connectivity index (χ2n) is 4.73. The molecule has 0 bridgehead atoms. The van der Waals surface area contributed by atoms with Gasteiger partial charge in [0.1, 0.15) is 5.82 Å². The van der Waals surface area contributed by atoms with Crippen molar-refractivity contribution < 1.29 is 4.79 Å². The van der Waals surface area contributed by atoms with E-state index < -0.39 is 0 Å². The summed E-state index contributed by atoms with van der Waals surface area (Å²) < 4.78 is 0. The fraction of sp³-hybridized carbons (Fsp3) is 0.533. The number of hydrogen-bond acceptors (Lipinski definition) is 4. The second kappa shape index (κ2) is 9.07. The van der Waals surface area contributed by atoms with Crippen LogP contribution in [0.25, 0.3) is 0 Å². The van der Waals surface area contributed by atoms with Gasteiger partial charge in [-0.2, -0.15) is 0 Å². The van der Waals surface area contributed by atoms with Crippen LogP contribution < -0.4 is 0 Å². The molecule has 0 aliphatic rings. The molecule has 112 valence electrons. The number of likely N-dealkylation sites (N-methyl/N-ethyl adjacent to an activating group) is 2. The smallest absolute Gasteiger partial charge is 0.209 e. The van der Waals surface area contributed by atoms with E-state index in [4.69, 9.17) is 5.41 Å². The van der Waals surface area contributed by atoms with Crippen molar-refractivity contribution in [3.8, 4) is 0 Å². The van der Waals surface area contributed by atoms with Gasteiger partial charge in [0.05, 0.1) is 5.71 Å². The number of aliphatic imine (C=N–C) groups is 1. The summed E-state index contributed by atoms with van der Waals surface area (Å²) in [7, 11) is 3.67. The number of amides is 1. The largest absolute Gasteiger partial charge is 0.357 e. The van der Waals surface area contributed by atoms with Gasteiger partial charge in [-0.25, -0.2) is 4.99 Å². The highest BCUT2D eigenvalue weighted by molar-refractivity contribution is 6.06. The van der Waals surface area contributed by atoms with E-state index >= 15 is 0 Å². The molecule has 0 rings (SSSR count). The van der Waals surface area contributed by atoms with E-state index in [2.05, 4.69) is 11.7 Å². The Kier molecular flexibility index (Phi) is 8.20. The normalized spacial score (nSPS) is 13.7. The van der Waals surface area contributed by atoms with E-state index in [1.54, 1.807) is 18.0 Å². The number of carbonyl (C=O) groups excluding carboxylic acids is 1. The topological polar surface area (TPSA) is 59.8 Å². The van der Waals surface area contributed by atoms with Crippen LogP contribution in [-0.4, -0.2) is 55.3 Å². The Balaban J connectivity index is 5.16. The van der Waals surface area contributed by atoms with E-state index in [-0.39, 0.29) is 6.04 Å². The maximum atomic E-state index is 10.9. The van der Waals surface area contributed by atoms with Crippen LogP contribution in [-0.2, 0) is 4.79 Å². The Bertz CT molecular complexity index is 412. The molecule has 0 unspecified atom stereocenters. The zero-order chi connectivity index (χ0) is 15.7. The van der Waals surface area contributed by atoms with Gasteiger partial charge in [0.2, 0.25) is 6.41 Å². The number of nitrogens with one attached hydrogen (secondary N) is 1. The minimum atomic E-state index is 0.109. The number of allylic oxidation sites excluding steroid dienone is 3. The van der Waals surface area contributed by atoms with Gasteiger partial charge in [-0.1, -0.05) is 13.0 Å². The fourth-order valence-corrected chi connectivity index (χ4v) is 1.97. The molecule has 20 heavy (non-hydrogen) atoms. The highest BCUT2D eigenvalue weighted by atomic mass is 16.1. The zero-order valence-electron chi connectivity index (χ0n) is 13.2. The molecule has 0 saturated heterocycles. The van der Waals surface area contributed by atoms with Crippen molar-refractivity contribution in [2.45, 2.75) is 33.2 Å². The molecule has 0 aromatic rings. The zero-order valence-corrected chi connectivity index (χ0v) is 13.2. The monoisotopic (exact) mass is 278 g/mol. The summed E-state index contributed by atoms with van der Waals surface area (Å²) in [4.78, 5) is 18.5. The molecule has 0 aliphatic heterocycles. The van der Waals surface area contributed by atoms with Crippen LogP contribution in [0.4, 0.5) is 0 Å². The second-order valence-corrected chi connectivity index (χ2v) is 4.73. The highest BCUT2D eigenvalue weighted by Crippen LogP contribution is 2.14. The quantitative estimate of drug-likeness (QED) is 0.520. The van der Waals surface area contributed by atoms with Crippen LogP contribution in [0.3, 0.4) is 0 Å². The Morgan fingerprint density at radius 2 is 2.05 bits per heavy atom. The molecule has 0 fully saturated rings. The Labute approximate surface area is 122 Å². The first-order chi connectivity index (χ1) is 9.42. The van der Waals surface area contributed by atoms with Crippen molar-refractivity contribution >= 4 is 18.8 Å². The van der Waals surface area contributed by atoms with Gasteiger partial charge in [-0.15, -0.1) is 0 Å². The molecule has 0 radical (unpaired) electrons. The van der Waals surface area contributed by atoms with Crippen LogP contribution in [0.15, 0.2) is 28.5 Å². The van der Waals surface area contributed by atoms with Gasteiger partial charge in [-0.05, 0) is 33.1 Å². The molecule has 1 amide bonds. The maximum Gasteiger partial charge on any atom is 0.209 e. The Morgan fingerprint density at radius 1 is 1.45 bits per heavy atom. The average molecular weight is 278 g/mol. The molecule has 5 heteroatoms. The highest BCUT2D eigenvalue weighted by Gasteiger charge is 2.16. The molecule has 5 nitrogen and oxygen atoms in total. The summed E-state index contributed by atoms with van der Waals surface area (Å²) >= 11 is 0. The molecule has 1 atom stereocenters. The predicted molar refractivity (Wildman–Crippen MR) is 85.3 cm³/mol. The molecule has 0 aromatic heterocycles. The van der Waals surface area contributed by atoms with E-state index in [0.29, 0.717) is 18.1 Å². The van der Waals surface area contributed by atoms with Crippen molar-refractivity contribution in [1.29, 1.82) is 5.41 Å². The summed E-state index contributed by atoms with van der Waals surface area (Å²) in [5, 5.41) is 7.94. The van der Waals surface area contributed by atoms with Crippen molar-refractivity contribution in [1.82, 2.24) is 9.80 Å². The molecule has 0 aliphatic carbocycles. The minimum absolute atomic E-state index is 0.109. The van der Waals surface area contributed by atoms with Gasteiger partial charge in [0, 0.05) is 32.3 Å². The van der Waals surface area contributed by atoms with Crippen LogP contribution in [0, 0.1) is 5.41 Å². The van der Waals surface area contributed by atoms with E-state index in [1.165, 1.54) is 0 Å². The summed E-state index contributed by atoms with van der Waals surface area (Å²) in [6.07, 6.45) is 5.24. The van der Waals surface area contributed by atoms with Gasteiger partial charge >= 0.3 is 0 Å². The van der Waals surface area contributed by atoms with Gasteiger partial charge in [0.15, 0.2) is 0 Å². The van der Waals surface area contributed by atoms with Gasteiger partial charge in [-0.3, -0.25) is 4.79 Å². The van der Waals surface area contributed by atoms with Crippen molar-refractivity contribution in [3.05, 3.63) is 23.5 Å². The molecular formula is C15H26N4O. The molecule has 1 N–H and O–H groups in total. The lowest BCUT2D eigenvalue weighted by molar-refractivity contribution is -0.119. The summed E-state index contributed by atoms with van der Waals surface area (Å²) in [5.41, 5.74) is 1.18. The van der Waals surface area contributed by atoms with Crippen LogP contribution in [0.1, 0.15) is 27.2 Å². The standard InChI is InChI=1S/C15H26N4O/c1-7-9-14(16)12(3)15(17-4)18(5)10-13(8-2)19(6)11-20/h7,9,11,13,16H,4,8,10H2,1-3,5-6H3/b9-7-,15-12+,16-14?/t13-/m0/s1. The number of nitrogens with zero attached hydrogens (tertiary/aromatic N) is 3. The third-order valence-corrected chi connectivity index (χ3v) is 3.28. The van der Waals surface area contributed by atoms with Crippen LogP contribution in [0.2, 0.25) is 0 Å². The molecule has 0 aromatic carbocycles. The van der Waals surface area contributed by atoms with E-state index in [1.807, 2.05) is 38.8 Å². The Morgan fingerprint density at radius 3 is 2.45 bits per heavy atom. The first-order valence-electron chi connectivity index (χ1n) is 6.70. The molecular weight excluding hydrogens is 252 g/mol. The number of carbonyl (C=O) groups is 1. The number of hydrogen-bond donors (Lipinski definition) is 1. The van der Waals surface area contributed by atoms with Crippen molar-refractivity contribution in [2.24, 2.45) is 4.99 Å². The lowest BCUT2D eigenvalue weighted by Gasteiger charge is -2.30. The third-order valence-electron chi connectivity index (χ3n) is 3.28. The Hall–Kier alpha value is -1.91. The first kappa shape index (κ1) is 18.1. The average Bonchev–Trinajstić information content (AvgIpc) is 2.44. The van der Waals surface area contributed by atoms with E-state index in [0.717, 1.165) is 18.4 Å². The minimum Gasteiger partial charge on any atom is -0.357 e. The fourth-order valence-electron chi connectivity index (χ4n) is 1.97. The molecule has 0 heterocycles. The molecule has 0 spiro atoms. The molecule has 0 saturated carbocycles. The van der Waals surface area contributed by atoms with Gasteiger partial charge < -0.3 is 15.2 Å². The maximum absolute atomic E-state index is 10.9. The van der Waals surface area contributed by atoms with Crippen LogP contribution in [0.5, 0.6) is 0 Å². The van der Waals surface area contributed by atoms with Crippen LogP contribution >= 0.6 is 0 Å². The van der Waals surface area contributed by atoms with Crippen molar-refractivity contribution in [3.63, 3.8) is 0 Å². The lowest BCUT2D eigenvalue weighted by atomic mass is 10.1. The van der Waals surface area contributed by atoms with E-state index in [9.17, 15) is 4.79 Å². The lowest BCUT2D eigenvalue weighted by Crippen LogP contribution is -2.39. The SMILES string of the molecule is C=N/C(=C(/C)C(=N)/C=C\C)N(C)C[C@H](CC)N(C)C=O. The summed E-state index contributed by atoms with van der Waals surface area (Å²) in [6.45, 7) is 10.0. The number of rotatable bonds is 9. The third kappa shape index (κ3) is 4.99. The first-order valence-corrected chi connectivity index (χ1v) is 6.70. The van der Waals surface area contributed by atoms with Crippen molar-refractivity contribution in [2.75, 3.05) is 20.6 Å². The van der Waals surface area contributed by atoms with Gasteiger partial charge in [0.25, 0.3) is 0 Å². The summed E-state index contributed by atoms with van der Waals surface area (Å²) in [6, 6.07) is 0.109. The predicted octanol–water partition coefficient (Wildman–Crippen LogP) is 2.31.